The molecule has 1 aliphatic carbocycles. The smallest absolute Gasteiger partial charge is 0.130 e. The third-order valence-corrected chi connectivity index (χ3v) is 2.99. The predicted octanol–water partition coefficient (Wildman–Crippen LogP) is 4.43. The SMILES string of the molecule is CC1=C(C(C)C)CCC=C1C(C)(C)F. The van der Waals surface area contributed by atoms with Crippen molar-refractivity contribution in [2.45, 2.75) is 53.1 Å². The highest BCUT2D eigenvalue weighted by atomic mass is 19.1. The van der Waals surface area contributed by atoms with E-state index in [1.165, 1.54) is 11.1 Å². The zero-order valence-corrected chi connectivity index (χ0v) is 9.95. The summed E-state index contributed by atoms with van der Waals surface area (Å²) in [5.74, 6) is 0.543. The summed E-state index contributed by atoms with van der Waals surface area (Å²) in [5.41, 5.74) is 2.31. The van der Waals surface area contributed by atoms with Crippen LogP contribution in [0.4, 0.5) is 4.39 Å². The van der Waals surface area contributed by atoms with Gasteiger partial charge in [-0.2, -0.15) is 0 Å². The largest absolute Gasteiger partial charge is 0.239 e. The maximum atomic E-state index is 13.9. The fraction of sp³-hybridized carbons (Fsp3) is 0.692. The van der Waals surface area contributed by atoms with E-state index in [-0.39, 0.29) is 0 Å². The molecule has 0 unspecified atom stereocenters. The second-order valence-corrected chi connectivity index (χ2v) is 4.93. The van der Waals surface area contributed by atoms with Gasteiger partial charge in [0.1, 0.15) is 5.67 Å². The Morgan fingerprint density at radius 1 is 1.36 bits per heavy atom. The zero-order valence-electron chi connectivity index (χ0n) is 9.95. The van der Waals surface area contributed by atoms with Crippen molar-refractivity contribution in [1.29, 1.82) is 0 Å². The first-order chi connectivity index (χ1) is 6.34. The Morgan fingerprint density at radius 2 is 1.93 bits per heavy atom. The first-order valence-corrected chi connectivity index (χ1v) is 5.43. The Morgan fingerprint density at radius 3 is 2.36 bits per heavy atom. The van der Waals surface area contributed by atoms with Crippen molar-refractivity contribution in [3.8, 4) is 0 Å². The summed E-state index contributed by atoms with van der Waals surface area (Å²) in [6.45, 7) is 9.72. The molecule has 0 aromatic rings. The maximum Gasteiger partial charge on any atom is 0.130 e. The van der Waals surface area contributed by atoms with Gasteiger partial charge in [0, 0.05) is 0 Å². The van der Waals surface area contributed by atoms with Gasteiger partial charge >= 0.3 is 0 Å². The van der Waals surface area contributed by atoms with Crippen LogP contribution < -0.4 is 0 Å². The highest BCUT2D eigenvalue weighted by molar-refractivity contribution is 5.42. The Labute approximate surface area is 86.9 Å². The monoisotopic (exact) mass is 196 g/mol. The van der Waals surface area contributed by atoms with E-state index in [1.807, 2.05) is 0 Å². The Kier molecular flexibility index (Phi) is 3.18. The molecule has 0 radical (unpaired) electrons. The summed E-state index contributed by atoms with van der Waals surface area (Å²) in [4.78, 5) is 0. The molecule has 0 aliphatic heterocycles. The standard InChI is InChI=1S/C13H21F/c1-9(2)11-7-6-8-12(10(11)3)13(4,5)14/h8-9H,6-7H2,1-5H3. The van der Waals surface area contributed by atoms with E-state index in [0.29, 0.717) is 5.92 Å². The molecule has 0 aromatic heterocycles. The third-order valence-electron chi connectivity index (χ3n) is 2.99. The fourth-order valence-electron chi connectivity index (χ4n) is 2.30. The summed E-state index contributed by atoms with van der Waals surface area (Å²) in [6.07, 6.45) is 4.15. The maximum absolute atomic E-state index is 13.9. The molecule has 0 aromatic carbocycles. The van der Waals surface area contributed by atoms with Gasteiger partial charge in [-0.1, -0.05) is 25.5 Å². The lowest BCUT2D eigenvalue weighted by molar-refractivity contribution is 0.269. The average Bonchev–Trinajstić information content (AvgIpc) is 2.01. The van der Waals surface area contributed by atoms with Crippen molar-refractivity contribution < 1.29 is 4.39 Å². The van der Waals surface area contributed by atoms with Crippen LogP contribution in [0.3, 0.4) is 0 Å². The van der Waals surface area contributed by atoms with Crippen LogP contribution in [0.2, 0.25) is 0 Å². The molecule has 0 spiro atoms. The van der Waals surface area contributed by atoms with Gasteiger partial charge in [0.15, 0.2) is 0 Å². The van der Waals surface area contributed by atoms with Gasteiger partial charge in [0.25, 0.3) is 0 Å². The molecule has 80 valence electrons. The number of allylic oxidation sites excluding steroid dienone is 4. The van der Waals surface area contributed by atoms with Crippen molar-refractivity contribution in [2.24, 2.45) is 5.92 Å². The molecule has 0 nitrogen and oxygen atoms in total. The van der Waals surface area contributed by atoms with Gasteiger partial charge in [-0.25, -0.2) is 4.39 Å². The molecule has 0 amide bonds. The molecule has 1 heteroatoms. The zero-order chi connectivity index (χ0) is 10.9. The molecule has 0 bridgehead atoms. The molecule has 0 N–H and O–H groups in total. The molecular formula is C13H21F. The average molecular weight is 196 g/mol. The summed E-state index contributed by atoms with van der Waals surface area (Å²) in [6, 6.07) is 0. The highest BCUT2D eigenvalue weighted by Crippen LogP contribution is 2.36. The van der Waals surface area contributed by atoms with Gasteiger partial charge in [-0.3, -0.25) is 0 Å². The molecule has 0 saturated heterocycles. The number of halogens is 1. The summed E-state index contributed by atoms with van der Waals surface area (Å²) < 4.78 is 13.9. The van der Waals surface area contributed by atoms with Crippen molar-refractivity contribution in [2.75, 3.05) is 0 Å². The predicted molar refractivity (Wildman–Crippen MR) is 60.0 cm³/mol. The summed E-state index contributed by atoms with van der Waals surface area (Å²) in [5, 5.41) is 0. The highest BCUT2D eigenvalue weighted by Gasteiger charge is 2.27. The van der Waals surface area contributed by atoms with Gasteiger partial charge < -0.3 is 0 Å². The van der Waals surface area contributed by atoms with Crippen LogP contribution in [0.25, 0.3) is 0 Å². The van der Waals surface area contributed by atoms with Gasteiger partial charge in [-0.15, -0.1) is 0 Å². The number of hydrogen-bond acceptors (Lipinski definition) is 0. The minimum atomic E-state index is -1.19. The molecule has 0 saturated carbocycles. The number of rotatable bonds is 2. The van der Waals surface area contributed by atoms with Crippen LogP contribution in [0.1, 0.15) is 47.5 Å². The van der Waals surface area contributed by atoms with E-state index in [9.17, 15) is 4.39 Å². The van der Waals surface area contributed by atoms with E-state index >= 15 is 0 Å². The summed E-state index contributed by atoms with van der Waals surface area (Å²) >= 11 is 0. The summed E-state index contributed by atoms with van der Waals surface area (Å²) in [7, 11) is 0. The van der Waals surface area contributed by atoms with Gasteiger partial charge in [0.05, 0.1) is 0 Å². The van der Waals surface area contributed by atoms with Gasteiger partial charge in [0.2, 0.25) is 0 Å². The van der Waals surface area contributed by atoms with E-state index in [2.05, 4.69) is 26.8 Å². The lowest BCUT2D eigenvalue weighted by atomic mass is 9.81. The number of hydrogen-bond donors (Lipinski definition) is 0. The first-order valence-electron chi connectivity index (χ1n) is 5.43. The van der Waals surface area contributed by atoms with E-state index in [0.717, 1.165) is 18.4 Å². The molecule has 1 aliphatic rings. The molecule has 0 fully saturated rings. The lowest BCUT2D eigenvalue weighted by Crippen LogP contribution is -2.20. The first kappa shape index (κ1) is 11.5. The minimum Gasteiger partial charge on any atom is -0.239 e. The Hall–Kier alpha value is -0.590. The van der Waals surface area contributed by atoms with Crippen molar-refractivity contribution in [3.05, 3.63) is 22.8 Å². The minimum absolute atomic E-state index is 0.543. The van der Waals surface area contributed by atoms with Crippen LogP contribution in [-0.2, 0) is 0 Å². The van der Waals surface area contributed by atoms with E-state index < -0.39 is 5.67 Å². The lowest BCUT2D eigenvalue weighted by Gasteiger charge is -2.27. The van der Waals surface area contributed by atoms with E-state index in [1.54, 1.807) is 13.8 Å². The van der Waals surface area contributed by atoms with Crippen molar-refractivity contribution in [3.63, 3.8) is 0 Å². The second kappa shape index (κ2) is 3.88. The van der Waals surface area contributed by atoms with Crippen molar-refractivity contribution in [1.82, 2.24) is 0 Å². The fourth-order valence-corrected chi connectivity index (χ4v) is 2.30. The molecule has 0 heterocycles. The molecule has 1 rings (SSSR count). The van der Waals surface area contributed by atoms with Crippen LogP contribution >= 0.6 is 0 Å². The molecule has 14 heavy (non-hydrogen) atoms. The molecule has 0 atom stereocenters. The third kappa shape index (κ3) is 2.26. The van der Waals surface area contributed by atoms with Crippen molar-refractivity contribution >= 4 is 0 Å². The van der Waals surface area contributed by atoms with E-state index in [4.69, 9.17) is 0 Å². The van der Waals surface area contributed by atoms with Crippen LogP contribution in [0.15, 0.2) is 22.8 Å². The van der Waals surface area contributed by atoms with Gasteiger partial charge in [-0.05, 0) is 50.7 Å². The van der Waals surface area contributed by atoms with Crippen LogP contribution in [0.5, 0.6) is 0 Å². The number of alkyl halides is 1. The quantitative estimate of drug-likeness (QED) is 0.613. The van der Waals surface area contributed by atoms with Crippen LogP contribution in [0, 0.1) is 5.92 Å². The van der Waals surface area contributed by atoms with Crippen LogP contribution in [-0.4, -0.2) is 5.67 Å². The normalized spacial score (nSPS) is 18.9. The molecular weight excluding hydrogens is 175 g/mol. The Bertz CT molecular complexity index is 274. The topological polar surface area (TPSA) is 0 Å². The second-order valence-electron chi connectivity index (χ2n) is 4.93. The Balaban J connectivity index is 3.06.